The van der Waals surface area contributed by atoms with Crippen LogP contribution in [0.5, 0.6) is 5.75 Å². The molecule has 1 aliphatic heterocycles. The number of amidine groups is 1. The molecule has 2 aromatic rings. The van der Waals surface area contributed by atoms with Gasteiger partial charge in [-0.2, -0.15) is 4.48 Å². The number of halogens is 2. The third-order valence-electron chi connectivity index (χ3n) is 5.21. The second-order valence-corrected chi connectivity index (χ2v) is 8.96. The molecule has 0 saturated heterocycles. The summed E-state index contributed by atoms with van der Waals surface area (Å²) in [5.74, 6) is -3.27. The van der Waals surface area contributed by atoms with E-state index >= 15 is 0 Å². The highest BCUT2D eigenvalue weighted by Crippen LogP contribution is 2.31. The molecule has 0 saturated carbocycles. The summed E-state index contributed by atoms with van der Waals surface area (Å²) in [6.45, 7) is 5.31. The van der Waals surface area contributed by atoms with E-state index in [9.17, 15) is 28.3 Å². The van der Waals surface area contributed by atoms with Gasteiger partial charge < -0.3 is 24.3 Å². The molecule has 9 nitrogen and oxygen atoms in total. The quantitative estimate of drug-likeness (QED) is 0.337. The maximum Gasteiger partial charge on any atom is 0.410 e. The fourth-order valence-corrected chi connectivity index (χ4v) is 3.44. The molecule has 1 unspecified atom stereocenters. The number of hydrogen-bond donors (Lipinski definition) is 0. The van der Waals surface area contributed by atoms with Crippen molar-refractivity contribution >= 4 is 29.7 Å². The lowest BCUT2D eigenvalue weighted by molar-refractivity contribution is -0.257. The van der Waals surface area contributed by atoms with Gasteiger partial charge in [-0.05, 0) is 45.0 Å². The van der Waals surface area contributed by atoms with E-state index in [0.29, 0.717) is 0 Å². The summed E-state index contributed by atoms with van der Waals surface area (Å²) in [5.41, 5.74) is -1.34. The third kappa shape index (κ3) is 5.57. The van der Waals surface area contributed by atoms with Crippen molar-refractivity contribution in [1.82, 2.24) is 9.38 Å². The van der Waals surface area contributed by atoms with Crippen LogP contribution in [0.1, 0.15) is 37.6 Å². The number of benzene rings is 2. The van der Waals surface area contributed by atoms with Gasteiger partial charge in [0.25, 0.3) is 6.09 Å². The second kappa shape index (κ2) is 10.2. The minimum atomic E-state index is -1.50. The number of carboxylic acid groups (broad SMARTS) is 1. The van der Waals surface area contributed by atoms with Crippen molar-refractivity contribution in [3.8, 4) is 5.75 Å². The predicted molar refractivity (Wildman–Crippen MR) is 125 cm³/mol. The molecular formula is C25H25F2N3O6. The highest BCUT2D eigenvalue weighted by atomic mass is 19.1. The zero-order valence-electron chi connectivity index (χ0n) is 20.2. The minimum absolute atomic E-state index is 0.0609. The van der Waals surface area contributed by atoms with Crippen molar-refractivity contribution in [2.75, 3.05) is 13.6 Å². The van der Waals surface area contributed by atoms with E-state index in [0.717, 1.165) is 18.2 Å². The first-order valence-corrected chi connectivity index (χ1v) is 10.9. The van der Waals surface area contributed by atoms with Gasteiger partial charge in [-0.3, -0.25) is 0 Å². The first kappa shape index (κ1) is 26.5. The molecule has 190 valence electrons. The fourth-order valence-electron chi connectivity index (χ4n) is 3.44. The van der Waals surface area contributed by atoms with E-state index in [1.807, 2.05) is 0 Å². The monoisotopic (exact) mass is 501 g/mol. The van der Waals surface area contributed by atoms with Gasteiger partial charge in [-0.25, -0.2) is 23.4 Å². The van der Waals surface area contributed by atoms with E-state index < -0.39 is 45.4 Å². The molecule has 1 atom stereocenters. The normalized spacial score (nSPS) is 16.9. The molecule has 2 aromatic carbocycles. The molecule has 36 heavy (non-hydrogen) atoms. The Hall–Kier alpha value is -4.12. The maximum absolute atomic E-state index is 13.8. The van der Waals surface area contributed by atoms with Gasteiger partial charge in [0.2, 0.25) is 5.84 Å². The van der Waals surface area contributed by atoms with Crippen LogP contribution in [0.3, 0.4) is 0 Å². The molecule has 2 amide bonds. The summed E-state index contributed by atoms with van der Waals surface area (Å²) >= 11 is 0. The summed E-state index contributed by atoms with van der Waals surface area (Å²) in [6.07, 6.45) is 0.625. The topological polar surface area (TPSA) is 108 Å². The lowest BCUT2D eigenvalue weighted by Crippen LogP contribution is -2.59. The zero-order valence-corrected chi connectivity index (χ0v) is 20.2. The summed E-state index contributed by atoms with van der Waals surface area (Å²) in [6, 6.07) is 8.26. The lowest BCUT2D eigenvalue weighted by Gasteiger charge is -2.32. The van der Waals surface area contributed by atoms with Crippen LogP contribution in [-0.2, 0) is 4.74 Å². The van der Waals surface area contributed by atoms with Crippen LogP contribution in [0.4, 0.5) is 24.1 Å². The summed E-state index contributed by atoms with van der Waals surface area (Å²) < 4.78 is 37.2. The number of ether oxygens (including phenoxy) is 2. The fraction of sp³-hybridized carbons (Fsp3) is 0.280. The summed E-state index contributed by atoms with van der Waals surface area (Å²) in [4.78, 5) is 42.2. The number of hydrogen-bond acceptors (Lipinski definition) is 7. The molecule has 0 aromatic heterocycles. The molecule has 0 N–H and O–H groups in total. The Kier molecular flexibility index (Phi) is 7.54. The molecule has 0 spiro atoms. The first-order chi connectivity index (χ1) is 16.8. The zero-order chi connectivity index (χ0) is 26.7. The number of carbonyl (C=O) groups is 3. The minimum Gasteiger partial charge on any atom is -0.497 e. The van der Waals surface area contributed by atoms with Gasteiger partial charge in [0.05, 0.1) is 12.6 Å². The first-order valence-electron chi connectivity index (χ1n) is 10.9. The van der Waals surface area contributed by atoms with E-state index in [4.69, 9.17) is 9.47 Å². The largest absolute Gasteiger partial charge is 0.497 e. The Bertz CT molecular complexity index is 1220. The molecular weight excluding hydrogens is 476 g/mol. The van der Waals surface area contributed by atoms with Crippen LogP contribution in [0.15, 0.2) is 59.9 Å². The van der Waals surface area contributed by atoms with Gasteiger partial charge in [-0.1, -0.05) is 6.07 Å². The van der Waals surface area contributed by atoms with Crippen molar-refractivity contribution in [2.45, 2.75) is 32.8 Å². The lowest BCUT2D eigenvalue weighted by atomic mass is 10.2. The smallest absolute Gasteiger partial charge is 0.410 e. The molecule has 1 aliphatic rings. The molecule has 0 radical (unpaired) electrons. The number of nitrogens with zero attached hydrogens (tertiary/aromatic N) is 3. The van der Waals surface area contributed by atoms with Crippen molar-refractivity contribution in [2.24, 2.45) is 4.99 Å². The highest BCUT2D eigenvalue weighted by Gasteiger charge is 2.41. The number of amides is 2. The van der Waals surface area contributed by atoms with E-state index in [2.05, 4.69) is 4.99 Å². The molecule has 0 fully saturated rings. The molecule has 3 rings (SSSR count). The van der Waals surface area contributed by atoms with Gasteiger partial charge in [0.1, 0.15) is 40.4 Å². The van der Waals surface area contributed by atoms with E-state index in [-0.39, 0.29) is 30.2 Å². The number of rotatable bonds is 6. The number of aliphatic imine (C=N–C) groups is 1. The molecule has 0 aliphatic carbocycles. The van der Waals surface area contributed by atoms with Crippen molar-refractivity contribution < 1.29 is 37.7 Å². The van der Waals surface area contributed by atoms with Crippen LogP contribution in [-0.4, -0.2) is 48.1 Å². The Labute approximate surface area is 206 Å². The van der Waals surface area contributed by atoms with Crippen molar-refractivity contribution in [3.05, 3.63) is 72.1 Å². The van der Waals surface area contributed by atoms with Crippen LogP contribution in [0, 0.1) is 11.6 Å². The number of esters is 1. The summed E-state index contributed by atoms with van der Waals surface area (Å²) in [7, 11) is 1.52. The molecule has 11 heteroatoms. The number of carbonyl (C=O) groups excluding carboxylic acids is 3. The van der Waals surface area contributed by atoms with Gasteiger partial charge in [0.15, 0.2) is 0 Å². The Morgan fingerprint density at radius 3 is 2.22 bits per heavy atom. The van der Waals surface area contributed by atoms with Gasteiger partial charge >= 0.3 is 12.1 Å². The van der Waals surface area contributed by atoms with Crippen molar-refractivity contribution in [1.29, 1.82) is 0 Å². The second-order valence-electron chi connectivity index (χ2n) is 8.96. The van der Waals surface area contributed by atoms with Crippen molar-refractivity contribution in [3.63, 3.8) is 0 Å². The predicted octanol–water partition coefficient (Wildman–Crippen LogP) is 3.97. The van der Waals surface area contributed by atoms with E-state index in [1.165, 1.54) is 48.6 Å². The van der Waals surface area contributed by atoms with Crippen LogP contribution in [0.25, 0.3) is 0 Å². The van der Waals surface area contributed by atoms with Crippen LogP contribution in [0.2, 0.25) is 0 Å². The average molecular weight is 501 g/mol. The summed E-state index contributed by atoms with van der Waals surface area (Å²) in [5, 5.41) is 12.3. The van der Waals surface area contributed by atoms with Crippen LogP contribution < -0.4 is 14.3 Å². The number of quaternary nitrogens is 1. The average Bonchev–Trinajstić information content (AvgIpc) is 3.21. The maximum atomic E-state index is 13.8. The van der Waals surface area contributed by atoms with E-state index in [1.54, 1.807) is 20.8 Å². The Balaban J connectivity index is 1.77. The van der Waals surface area contributed by atoms with Gasteiger partial charge in [-0.15, -0.1) is 0 Å². The van der Waals surface area contributed by atoms with Gasteiger partial charge in [0, 0.05) is 25.7 Å². The third-order valence-corrected chi connectivity index (χ3v) is 5.21. The standard InChI is InChI=1S/C25H25F2N3O6/c1-25(2,3)36-23(32)29(4)14-12-20-28-13-15-30(20,24(33)34)16-8-10-17(11-9-16)35-22(31)21-18(26)6-5-7-19(21)27/h5-11,13,15H,12,14H2,1-4H3. The van der Waals surface area contributed by atoms with Crippen LogP contribution >= 0.6 is 0 Å². The highest BCUT2D eigenvalue weighted by molar-refractivity contribution is 6.10. The molecule has 0 bridgehead atoms. The SMILES string of the molecule is CN(CCC1=NC=C[N+]1(C(=O)[O-])c1ccc(OC(=O)c2c(F)cccc2F)cc1)C(=O)OC(C)(C)C. The Morgan fingerprint density at radius 2 is 1.67 bits per heavy atom. The molecule has 1 heterocycles. The Morgan fingerprint density at radius 1 is 1.06 bits per heavy atom.